The van der Waals surface area contributed by atoms with Crippen LogP contribution in [0.4, 0.5) is 0 Å². The second-order valence-electron chi connectivity index (χ2n) is 4.12. The second-order valence-corrected chi connectivity index (χ2v) is 4.12. The van der Waals surface area contributed by atoms with Crippen molar-refractivity contribution >= 4 is 23.0 Å². The molecule has 0 saturated carbocycles. The molecule has 1 radical (unpaired) electrons. The first-order valence-electron chi connectivity index (χ1n) is 5.70. The van der Waals surface area contributed by atoms with Crippen LogP contribution in [0.25, 0.3) is 0 Å². The molecule has 2 aliphatic carbocycles. The van der Waals surface area contributed by atoms with Gasteiger partial charge >= 0.3 is 17.1 Å². The molecule has 0 aromatic carbocycles. The van der Waals surface area contributed by atoms with Gasteiger partial charge in [0.05, 0.1) is 11.4 Å². The first-order valence-corrected chi connectivity index (χ1v) is 5.70. The van der Waals surface area contributed by atoms with Crippen molar-refractivity contribution in [1.82, 2.24) is 0 Å². The SMILES string of the molecule is CC1=C/C(=N/[O-])C(=O)C=C1.CC1=C/C(=N/[O-])C(=O)C=C1.[Cu+2]. The molecule has 0 bridgehead atoms. The summed E-state index contributed by atoms with van der Waals surface area (Å²) in [5.41, 5.74) is 1.71. The maximum Gasteiger partial charge on any atom is 2.00 e. The van der Waals surface area contributed by atoms with Gasteiger partial charge in [-0.15, -0.1) is 0 Å². The predicted octanol–water partition coefficient (Wildman–Crippen LogP) is 2.02. The molecule has 0 amide bonds. The fraction of sp³-hybridized carbons (Fsp3) is 0.143. The van der Waals surface area contributed by atoms with E-state index in [9.17, 15) is 20.0 Å². The van der Waals surface area contributed by atoms with Gasteiger partial charge < -0.3 is 20.7 Å². The molecule has 0 saturated heterocycles. The minimum Gasteiger partial charge on any atom is -0.791 e. The van der Waals surface area contributed by atoms with Gasteiger partial charge in [-0.05, 0) is 49.3 Å². The van der Waals surface area contributed by atoms with Crippen LogP contribution in [-0.2, 0) is 26.7 Å². The molecule has 0 atom stereocenters. The largest absolute Gasteiger partial charge is 2.00 e. The molecule has 2 rings (SSSR count). The van der Waals surface area contributed by atoms with Gasteiger partial charge in [-0.25, -0.2) is 0 Å². The average Bonchev–Trinajstić information content (AvgIpc) is 2.44. The third kappa shape index (κ3) is 5.72. The van der Waals surface area contributed by atoms with E-state index in [1.54, 1.807) is 26.0 Å². The van der Waals surface area contributed by atoms with Gasteiger partial charge in [0.15, 0.2) is 0 Å². The van der Waals surface area contributed by atoms with Crippen LogP contribution in [0.2, 0.25) is 0 Å². The molecular weight excluding hydrogens is 324 g/mol. The van der Waals surface area contributed by atoms with Crippen molar-refractivity contribution in [3.8, 4) is 0 Å². The van der Waals surface area contributed by atoms with Crippen LogP contribution >= 0.6 is 0 Å². The summed E-state index contributed by atoms with van der Waals surface area (Å²) >= 11 is 0. The fourth-order valence-corrected chi connectivity index (χ4v) is 1.40. The normalized spacial score (nSPS) is 20.5. The van der Waals surface area contributed by atoms with E-state index in [2.05, 4.69) is 10.3 Å². The molecule has 21 heavy (non-hydrogen) atoms. The Labute approximate surface area is 132 Å². The molecule has 6 nitrogen and oxygen atoms in total. The van der Waals surface area contributed by atoms with Crippen LogP contribution in [-0.4, -0.2) is 23.0 Å². The van der Waals surface area contributed by atoms with E-state index in [0.717, 1.165) is 11.1 Å². The number of hydrogen-bond acceptors (Lipinski definition) is 6. The van der Waals surface area contributed by atoms with E-state index in [-0.39, 0.29) is 40.1 Å². The molecule has 0 aromatic heterocycles. The van der Waals surface area contributed by atoms with E-state index in [1.165, 1.54) is 24.3 Å². The Kier molecular flexibility index (Phi) is 7.89. The van der Waals surface area contributed by atoms with Gasteiger partial charge in [-0.1, -0.05) is 12.2 Å². The summed E-state index contributed by atoms with van der Waals surface area (Å²) in [6, 6.07) is 0. The summed E-state index contributed by atoms with van der Waals surface area (Å²) in [6.07, 6.45) is 8.91. The summed E-state index contributed by atoms with van der Waals surface area (Å²) < 4.78 is 0. The van der Waals surface area contributed by atoms with Crippen molar-refractivity contribution < 1.29 is 26.7 Å². The molecule has 0 unspecified atom stereocenters. The van der Waals surface area contributed by atoms with Crippen molar-refractivity contribution in [2.75, 3.05) is 0 Å². The van der Waals surface area contributed by atoms with Gasteiger partial charge in [0.2, 0.25) is 11.6 Å². The van der Waals surface area contributed by atoms with Gasteiger partial charge in [-0.2, -0.15) is 0 Å². The minimum absolute atomic E-state index is 0. The Hall–Kier alpha value is -2.24. The van der Waals surface area contributed by atoms with Gasteiger partial charge in [0, 0.05) is 0 Å². The number of carbonyl (C=O) groups excluding carboxylic acids is 2. The number of hydrogen-bond donors (Lipinski definition) is 0. The summed E-state index contributed by atoms with van der Waals surface area (Å²) in [5, 5.41) is 25.0. The third-order valence-corrected chi connectivity index (χ3v) is 2.43. The smallest absolute Gasteiger partial charge is 0.791 e. The molecule has 113 valence electrons. The zero-order valence-electron chi connectivity index (χ0n) is 11.3. The Morgan fingerprint density at radius 2 is 1.10 bits per heavy atom. The Morgan fingerprint density at radius 1 is 0.762 bits per heavy atom. The minimum atomic E-state index is -0.319. The van der Waals surface area contributed by atoms with Crippen LogP contribution in [0.1, 0.15) is 13.8 Å². The monoisotopic (exact) mass is 335 g/mol. The summed E-state index contributed by atoms with van der Waals surface area (Å²) in [6.45, 7) is 3.60. The first kappa shape index (κ1) is 18.8. The first-order chi connectivity index (χ1) is 9.47. The van der Waals surface area contributed by atoms with E-state index in [4.69, 9.17) is 0 Å². The van der Waals surface area contributed by atoms with E-state index in [0.29, 0.717) is 0 Å². The number of rotatable bonds is 0. The van der Waals surface area contributed by atoms with Gasteiger partial charge in [0.25, 0.3) is 0 Å². The van der Waals surface area contributed by atoms with Crippen molar-refractivity contribution in [3.05, 3.63) is 58.0 Å². The zero-order chi connectivity index (χ0) is 15.1. The van der Waals surface area contributed by atoms with Gasteiger partial charge in [-0.3, -0.25) is 9.59 Å². The molecule has 0 spiro atoms. The molecule has 0 aliphatic heterocycles. The summed E-state index contributed by atoms with van der Waals surface area (Å²) in [7, 11) is 0. The number of allylic oxidation sites excluding steroid dienone is 8. The van der Waals surface area contributed by atoms with Crippen molar-refractivity contribution in [3.63, 3.8) is 0 Å². The number of nitrogens with zero attached hydrogens (tertiary/aromatic N) is 2. The maximum absolute atomic E-state index is 10.7. The van der Waals surface area contributed by atoms with Crippen LogP contribution < -0.4 is 0 Å². The summed E-state index contributed by atoms with van der Waals surface area (Å²) in [5.74, 6) is -0.638. The molecule has 7 heteroatoms. The Bertz CT molecular complexity index is 556. The topological polar surface area (TPSA) is 105 Å². The Morgan fingerprint density at radius 3 is 1.33 bits per heavy atom. The molecule has 0 N–H and O–H groups in total. The molecule has 2 aliphatic rings. The number of carbonyl (C=O) groups is 2. The quantitative estimate of drug-likeness (QED) is 0.383. The van der Waals surface area contributed by atoms with E-state index < -0.39 is 0 Å². The summed E-state index contributed by atoms with van der Waals surface area (Å²) in [4.78, 5) is 21.4. The van der Waals surface area contributed by atoms with Crippen molar-refractivity contribution in [1.29, 1.82) is 0 Å². The van der Waals surface area contributed by atoms with Crippen LogP contribution in [0.15, 0.2) is 57.9 Å². The van der Waals surface area contributed by atoms with Crippen LogP contribution in [0.5, 0.6) is 0 Å². The second kappa shape index (κ2) is 8.84. The molecule has 0 fully saturated rings. The van der Waals surface area contributed by atoms with Crippen LogP contribution in [0, 0.1) is 10.4 Å². The fourth-order valence-electron chi connectivity index (χ4n) is 1.40. The van der Waals surface area contributed by atoms with Crippen molar-refractivity contribution in [2.24, 2.45) is 10.3 Å². The van der Waals surface area contributed by atoms with Gasteiger partial charge in [0.1, 0.15) is 0 Å². The van der Waals surface area contributed by atoms with Crippen molar-refractivity contribution in [2.45, 2.75) is 13.8 Å². The predicted molar refractivity (Wildman–Crippen MR) is 77.4 cm³/mol. The standard InChI is InChI=1S/2C7H7NO2.Cu/c2*1-5-2-3-7(9)6(4-5)8-10;/h2*2-4,10H,1H3;/q;;+2/p-2/b2*8-6-;. The molecule has 0 heterocycles. The third-order valence-electron chi connectivity index (χ3n) is 2.43. The Balaban J connectivity index is 0.000000364. The average molecular weight is 336 g/mol. The van der Waals surface area contributed by atoms with Crippen LogP contribution in [0.3, 0.4) is 0 Å². The number of ketones is 2. The zero-order valence-corrected chi connectivity index (χ0v) is 12.2. The maximum atomic E-state index is 10.7. The molecular formula is C14H12CuN2O4. The van der Waals surface area contributed by atoms with E-state index in [1.807, 2.05) is 0 Å². The van der Waals surface area contributed by atoms with E-state index >= 15 is 0 Å². The molecule has 0 aromatic rings.